The van der Waals surface area contributed by atoms with Gasteiger partial charge in [0.15, 0.2) is 0 Å². The Morgan fingerprint density at radius 3 is 2.73 bits per heavy atom. The molecule has 0 spiro atoms. The number of fused-ring (bicyclic) bond motifs is 1. The molecule has 0 bridgehead atoms. The van der Waals surface area contributed by atoms with Gasteiger partial charge in [0.2, 0.25) is 0 Å². The maximum Gasteiger partial charge on any atom is 0.286 e. The Labute approximate surface area is 99.9 Å². The van der Waals surface area contributed by atoms with Gasteiger partial charge in [-0.2, -0.15) is 0 Å². The van der Waals surface area contributed by atoms with Gasteiger partial charge in [0.1, 0.15) is 5.52 Å². The average Bonchev–Trinajstić information content (AvgIpc) is 2.23. The SMILES string of the molecule is Cc1c(C)[n+](=O)c2ccc(I)cc2n1[O-]. The lowest BCUT2D eigenvalue weighted by Crippen LogP contribution is -2.24. The number of rotatable bonds is 0. The van der Waals surface area contributed by atoms with Crippen molar-refractivity contribution < 1.29 is 4.43 Å². The van der Waals surface area contributed by atoms with Crippen LogP contribution in [0, 0.1) is 27.5 Å². The predicted molar refractivity (Wildman–Crippen MR) is 66.3 cm³/mol. The summed E-state index contributed by atoms with van der Waals surface area (Å²) < 4.78 is 2.55. The lowest BCUT2D eigenvalue weighted by atomic mass is 10.2. The highest BCUT2D eigenvalue weighted by atomic mass is 127. The van der Waals surface area contributed by atoms with Gasteiger partial charge in [-0.05, 0) is 41.6 Å². The molecule has 1 aromatic carbocycles. The van der Waals surface area contributed by atoms with Crippen LogP contribution in [0.4, 0.5) is 0 Å². The number of hydrogen-bond donors (Lipinski definition) is 0. The van der Waals surface area contributed by atoms with Crippen LogP contribution in [0.3, 0.4) is 0 Å². The van der Waals surface area contributed by atoms with Crippen LogP contribution < -0.4 is 4.43 Å². The molecule has 0 unspecified atom stereocenters. The van der Waals surface area contributed by atoms with Gasteiger partial charge in [0.25, 0.3) is 11.2 Å². The summed E-state index contributed by atoms with van der Waals surface area (Å²) in [4.78, 5) is 11.8. The standard InChI is InChI=1S/C10H9IN2O2/c1-6-7(2)13(15)10-5-8(11)3-4-9(10)12(6)14/h3-5H,1-2H3. The first-order valence-corrected chi connectivity index (χ1v) is 5.52. The van der Waals surface area contributed by atoms with E-state index in [1.165, 1.54) is 0 Å². The molecule has 2 rings (SSSR count). The largest absolute Gasteiger partial charge is 0.805 e. The zero-order valence-corrected chi connectivity index (χ0v) is 10.5. The summed E-state index contributed by atoms with van der Waals surface area (Å²) in [6, 6.07) is 5.20. The van der Waals surface area contributed by atoms with Crippen LogP contribution in [0.25, 0.3) is 11.0 Å². The van der Waals surface area contributed by atoms with Crippen LogP contribution in [-0.2, 0) is 0 Å². The highest BCUT2D eigenvalue weighted by Gasteiger charge is 2.15. The topological polar surface area (TPSA) is 51.0 Å². The maximum absolute atomic E-state index is 11.8. The molecule has 0 amide bonds. The first-order valence-electron chi connectivity index (χ1n) is 4.44. The van der Waals surface area contributed by atoms with Crippen molar-refractivity contribution in [3.05, 3.63) is 43.3 Å². The van der Waals surface area contributed by atoms with E-state index in [2.05, 4.69) is 22.6 Å². The molecule has 4 nitrogen and oxygen atoms in total. The number of aromatic nitrogens is 2. The molecule has 78 valence electrons. The number of nitrogens with zero attached hydrogens (tertiary/aromatic N) is 2. The highest BCUT2D eigenvalue weighted by Crippen LogP contribution is 2.16. The molecule has 0 radical (unpaired) electrons. The van der Waals surface area contributed by atoms with Crippen LogP contribution in [0.2, 0.25) is 0 Å². The van der Waals surface area contributed by atoms with Gasteiger partial charge in [0, 0.05) is 21.5 Å². The summed E-state index contributed by atoms with van der Waals surface area (Å²) in [5, 5.41) is 11.8. The maximum atomic E-state index is 11.8. The van der Waals surface area contributed by atoms with Gasteiger partial charge in [-0.1, -0.05) is 0 Å². The van der Waals surface area contributed by atoms with Crippen molar-refractivity contribution in [2.75, 3.05) is 0 Å². The molecule has 1 aromatic heterocycles. The average molecular weight is 316 g/mol. The first kappa shape index (κ1) is 10.4. The van der Waals surface area contributed by atoms with E-state index < -0.39 is 0 Å². The van der Waals surface area contributed by atoms with E-state index in [0.29, 0.717) is 22.4 Å². The van der Waals surface area contributed by atoms with Crippen molar-refractivity contribution in [3.63, 3.8) is 0 Å². The van der Waals surface area contributed by atoms with Crippen molar-refractivity contribution in [3.8, 4) is 0 Å². The Kier molecular flexibility index (Phi) is 2.41. The van der Waals surface area contributed by atoms with E-state index in [4.69, 9.17) is 0 Å². The van der Waals surface area contributed by atoms with Gasteiger partial charge in [-0.25, -0.2) is 0 Å². The lowest BCUT2D eigenvalue weighted by Gasteiger charge is -2.15. The molecule has 0 saturated heterocycles. The molecule has 0 aliphatic carbocycles. The minimum Gasteiger partial charge on any atom is -0.805 e. The fraction of sp³-hybridized carbons (Fsp3) is 0.200. The minimum atomic E-state index is 0.411. The first-order chi connectivity index (χ1) is 7.02. The van der Waals surface area contributed by atoms with E-state index in [1.54, 1.807) is 26.0 Å². The normalized spacial score (nSPS) is 10.9. The molecule has 2 aromatic rings. The monoisotopic (exact) mass is 316 g/mol. The molecule has 1 heterocycles. The van der Waals surface area contributed by atoms with E-state index in [0.717, 1.165) is 12.7 Å². The number of benzene rings is 1. The van der Waals surface area contributed by atoms with Gasteiger partial charge in [-0.15, -0.1) is 0 Å². The number of halogens is 1. The van der Waals surface area contributed by atoms with Gasteiger partial charge in [-0.3, -0.25) is 0 Å². The second kappa shape index (κ2) is 3.48. The van der Waals surface area contributed by atoms with Gasteiger partial charge >= 0.3 is 0 Å². The summed E-state index contributed by atoms with van der Waals surface area (Å²) in [6.07, 6.45) is 0. The molecule has 5 heteroatoms. The molecule has 0 N–H and O–H groups in total. The summed E-state index contributed by atoms with van der Waals surface area (Å²) >= 11 is 2.11. The Bertz CT molecular complexity index is 604. The fourth-order valence-corrected chi connectivity index (χ4v) is 1.96. The Hall–Kier alpha value is -1.11. The van der Waals surface area contributed by atoms with Crippen molar-refractivity contribution in [2.24, 2.45) is 0 Å². The highest BCUT2D eigenvalue weighted by molar-refractivity contribution is 14.1. The van der Waals surface area contributed by atoms with Gasteiger partial charge in [0.05, 0.1) is 10.1 Å². The van der Waals surface area contributed by atoms with Gasteiger partial charge < -0.3 is 9.94 Å². The fourth-order valence-electron chi connectivity index (χ4n) is 1.49. The summed E-state index contributed by atoms with van der Waals surface area (Å²) in [7, 11) is 0. The molecular weight excluding hydrogens is 307 g/mol. The van der Waals surface area contributed by atoms with E-state index in [9.17, 15) is 10.1 Å². The lowest BCUT2D eigenvalue weighted by molar-refractivity contribution is -0.473. The van der Waals surface area contributed by atoms with E-state index in [1.807, 2.05) is 6.07 Å². The van der Waals surface area contributed by atoms with Crippen LogP contribution in [0.1, 0.15) is 11.4 Å². The third kappa shape index (κ3) is 1.50. The Morgan fingerprint density at radius 2 is 2.07 bits per heavy atom. The molecule has 15 heavy (non-hydrogen) atoms. The van der Waals surface area contributed by atoms with Crippen molar-refractivity contribution in [1.82, 2.24) is 4.73 Å². The molecule has 0 saturated carbocycles. The second-order valence-corrected chi connectivity index (χ2v) is 4.64. The molecule has 0 fully saturated rings. The smallest absolute Gasteiger partial charge is 0.286 e. The minimum absolute atomic E-state index is 0.411. The van der Waals surface area contributed by atoms with Crippen molar-refractivity contribution >= 4 is 33.6 Å². The predicted octanol–water partition coefficient (Wildman–Crippen LogP) is 2.12. The molecule has 0 aliphatic heterocycles. The zero-order chi connectivity index (χ0) is 11.2. The molecule has 0 atom stereocenters. The van der Waals surface area contributed by atoms with Crippen LogP contribution in [0.5, 0.6) is 0 Å². The summed E-state index contributed by atoms with van der Waals surface area (Å²) in [5.41, 5.74) is 1.71. The van der Waals surface area contributed by atoms with Crippen LogP contribution in [0.15, 0.2) is 18.2 Å². The Morgan fingerprint density at radius 1 is 1.40 bits per heavy atom. The second-order valence-electron chi connectivity index (χ2n) is 3.39. The van der Waals surface area contributed by atoms with E-state index in [-0.39, 0.29) is 0 Å². The van der Waals surface area contributed by atoms with Crippen molar-refractivity contribution in [2.45, 2.75) is 13.8 Å². The third-order valence-electron chi connectivity index (χ3n) is 2.51. The molecular formula is C10H9IN2O2. The quantitative estimate of drug-likeness (QED) is 0.552. The zero-order valence-electron chi connectivity index (χ0n) is 8.32. The van der Waals surface area contributed by atoms with Crippen LogP contribution in [-0.4, -0.2) is 4.73 Å². The van der Waals surface area contributed by atoms with Crippen molar-refractivity contribution in [1.29, 1.82) is 0 Å². The number of hydrogen-bond acceptors (Lipinski definition) is 2. The summed E-state index contributed by atoms with van der Waals surface area (Å²) in [5.74, 6) is 0. The third-order valence-corrected chi connectivity index (χ3v) is 3.18. The van der Waals surface area contributed by atoms with Crippen LogP contribution >= 0.6 is 22.6 Å². The summed E-state index contributed by atoms with van der Waals surface area (Å²) in [6.45, 7) is 3.30. The Balaban J connectivity index is 3.08. The van der Waals surface area contributed by atoms with E-state index >= 15 is 0 Å². The molecule has 0 aliphatic rings.